The Kier molecular flexibility index (Phi) is 5.64. The van der Waals surface area contributed by atoms with Crippen LogP contribution < -0.4 is 5.43 Å². The molecule has 108 valence electrons. The van der Waals surface area contributed by atoms with Gasteiger partial charge in [-0.3, -0.25) is 5.43 Å². The first kappa shape index (κ1) is 16.3. The number of phenolic OH excluding ortho intramolecular Hbond substituents is 1. The fourth-order valence-corrected chi connectivity index (χ4v) is 4.11. The van der Waals surface area contributed by atoms with Crippen LogP contribution in [0.15, 0.2) is 31.2 Å². The third-order valence-electron chi connectivity index (χ3n) is 2.39. The van der Waals surface area contributed by atoms with Gasteiger partial charge in [0.25, 0.3) is 0 Å². The van der Waals surface area contributed by atoms with Crippen molar-refractivity contribution in [2.45, 2.75) is 5.03 Å². The Bertz CT molecular complexity index is 740. The van der Waals surface area contributed by atoms with Crippen molar-refractivity contribution >= 4 is 66.4 Å². The largest absolute Gasteiger partial charge is 0.506 e. The van der Waals surface area contributed by atoms with Crippen molar-refractivity contribution < 1.29 is 5.11 Å². The number of hydrogen-bond donors (Lipinski definition) is 2. The molecule has 9 heteroatoms. The average molecular weight is 448 g/mol. The second kappa shape index (κ2) is 7.26. The Morgan fingerprint density at radius 2 is 2.29 bits per heavy atom. The topological polar surface area (TPSA) is 81.3 Å². The van der Waals surface area contributed by atoms with E-state index in [2.05, 4.69) is 52.8 Å². The number of nitrogens with one attached hydrogen (secondary N) is 1. The van der Waals surface area contributed by atoms with E-state index in [0.29, 0.717) is 25.6 Å². The smallest absolute Gasteiger partial charge is 0.148 e. The van der Waals surface area contributed by atoms with Crippen molar-refractivity contribution in [1.82, 2.24) is 4.37 Å². The third kappa shape index (κ3) is 3.77. The quantitative estimate of drug-likeness (QED) is 0.412. The van der Waals surface area contributed by atoms with Gasteiger partial charge in [-0.05, 0) is 45.9 Å². The van der Waals surface area contributed by atoms with Crippen molar-refractivity contribution in [2.24, 2.45) is 5.10 Å². The molecule has 0 aliphatic rings. The van der Waals surface area contributed by atoms with Crippen LogP contribution in [-0.4, -0.2) is 22.0 Å². The second-order valence-electron chi connectivity index (χ2n) is 3.70. The molecule has 0 spiro atoms. The monoisotopic (exact) mass is 446 g/mol. The van der Waals surface area contributed by atoms with Crippen molar-refractivity contribution in [3.63, 3.8) is 0 Å². The molecule has 2 aromatic rings. The van der Waals surface area contributed by atoms with Crippen molar-refractivity contribution in [3.05, 3.63) is 32.2 Å². The Balaban J connectivity index is 2.21. The summed E-state index contributed by atoms with van der Waals surface area (Å²) in [5.74, 6) is 0.0957. The van der Waals surface area contributed by atoms with Crippen molar-refractivity contribution in [1.29, 1.82) is 5.26 Å². The molecule has 0 fully saturated rings. The number of rotatable bonds is 4. The van der Waals surface area contributed by atoms with Gasteiger partial charge in [0.05, 0.1) is 10.7 Å². The lowest BCUT2D eigenvalue weighted by atomic mass is 10.2. The van der Waals surface area contributed by atoms with Crippen LogP contribution in [0.5, 0.6) is 5.75 Å². The lowest BCUT2D eigenvalue weighted by Gasteiger charge is -2.02. The van der Waals surface area contributed by atoms with Gasteiger partial charge in [0, 0.05) is 10.0 Å². The number of hydrazone groups is 1. The summed E-state index contributed by atoms with van der Waals surface area (Å²) in [6.07, 6.45) is 3.34. The van der Waals surface area contributed by atoms with Crippen LogP contribution in [0.2, 0.25) is 0 Å². The molecule has 5 nitrogen and oxygen atoms in total. The lowest BCUT2D eigenvalue weighted by molar-refractivity contribution is 0.471. The highest BCUT2D eigenvalue weighted by Gasteiger charge is 2.12. The fraction of sp³-hybridized carbons (Fsp3) is 0.0833. The van der Waals surface area contributed by atoms with Crippen LogP contribution in [0.25, 0.3) is 0 Å². The summed E-state index contributed by atoms with van der Waals surface area (Å²) in [7, 11) is 0. The third-order valence-corrected chi connectivity index (χ3v) is 5.01. The summed E-state index contributed by atoms with van der Waals surface area (Å²) in [5, 5.41) is 24.3. The van der Waals surface area contributed by atoms with E-state index in [0.717, 1.165) is 4.47 Å². The molecular formula is C12H8Br2N4OS2. The van der Waals surface area contributed by atoms with Crippen LogP contribution >= 0.6 is 55.2 Å². The molecule has 2 rings (SSSR count). The molecule has 1 aromatic heterocycles. The normalized spacial score (nSPS) is 10.8. The van der Waals surface area contributed by atoms with E-state index in [1.165, 1.54) is 29.5 Å². The first-order chi connectivity index (χ1) is 10.1. The van der Waals surface area contributed by atoms with Gasteiger partial charge in [-0.25, -0.2) is 0 Å². The fourth-order valence-electron chi connectivity index (χ4n) is 1.43. The highest BCUT2D eigenvalue weighted by molar-refractivity contribution is 9.11. The molecule has 0 saturated carbocycles. The maximum atomic E-state index is 9.91. The molecule has 0 aliphatic heterocycles. The van der Waals surface area contributed by atoms with Crippen LogP contribution in [0.4, 0.5) is 5.00 Å². The molecule has 0 saturated heterocycles. The van der Waals surface area contributed by atoms with E-state index in [4.69, 9.17) is 5.26 Å². The zero-order valence-corrected chi connectivity index (χ0v) is 15.4. The van der Waals surface area contributed by atoms with Gasteiger partial charge < -0.3 is 5.11 Å². The lowest BCUT2D eigenvalue weighted by Crippen LogP contribution is -1.91. The predicted octanol–water partition coefficient (Wildman–Crippen LogP) is 4.41. The number of anilines is 1. The molecular weight excluding hydrogens is 440 g/mol. The number of halogens is 2. The van der Waals surface area contributed by atoms with E-state index >= 15 is 0 Å². The molecule has 0 radical (unpaired) electrons. The van der Waals surface area contributed by atoms with Crippen LogP contribution in [0, 0.1) is 11.3 Å². The minimum atomic E-state index is 0.0957. The van der Waals surface area contributed by atoms with Crippen LogP contribution in [0.3, 0.4) is 0 Å². The SMILES string of the molecule is CSc1nsc(N/N=C\c2cc(Br)cc(Br)c2O)c1C#N. The van der Waals surface area contributed by atoms with E-state index in [-0.39, 0.29) is 5.75 Å². The molecule has 0 aliphatic carbocycles. The number of aromatic nitrogens is 1. The second-order valence-corrected chi connectivity index (χ2v) is 7.04. The standard InChI is InChI=1S/C12H8Br2N4OS2/c1-20-12-8(4-15)11(21-18-12)17-16-5-6-2-7(13)3-9(14)10(6)19/h2-3,5,17,19H,1H3/b16-5-. The number of nitrogens with zero attached hydrogens (tertiary/aromatic N) is 3. The van der Waals surface area contributed by atoms with Gasteiger partial charge >= 0.3 is 0 Å². The van der Waals surface area contributed by atoms with E-state index in [1.807, 2.05) is 6.26 Å². The molecule has 1 aromatic carbocycles. The van der Waals surface area contributed by atoms with Crippen LogP contribution in [0.1, 0.15) is 11.1 Å². The van der Waals surface area contributed by atoms with Crippen LogP contribution in [-0.2, 0) is 0 Å². The van der Waals surface area contributed by atoms with Crippen molar-refractivity contribution in [2.75, 3.05) is 11.7 Å². The summed E-state index contributed by atoms with van der Waals surface area (Å²) in [6.45, 7) is 0. The first-order valence-electron chi connectivity index (χ1n) is 5.47. The van der Waals surface area contributed by atoms with Crippen molar-refractivity contribution in [3.8, 4) is 11.8 Å². The summed E-state index contributed by atoms with van der Waals surface area (Å²) in [5.41, 5.74) is 3.80. The maximum absolute atomic E-state index is 9.91. The zero-order valence-electron chi connectivity index (χ0n) is 10.6. The molecule has 1 heterocycles. The molecule has 21 heavy (non-hydrogen) atoms. The average Bonchev–Trinajstić information content (AvgIpc) is 2.86. The van der Waals surface area contributed by atoms with E-state index < -0.39 is 0 Å². The summed E-state index contributed by atoms with van der Waals surface area (Å²) < 4.78 is 5.54. The Hall–Kier alpha value is -1.08. The van der Waals surface area contributed by atoms with E-state index in [1.54, 1.807) is 12.1 Å². The minimum absolute atomic E-state index is 0.0957. The first-order valence-corrected chi connectivity index (χ1v) is 9.06. The molecule has 0 atom stereocenters. The Labute approximate surface area is 146 Å². The number of benzene rings is 1. The Morgan fingerprint density at radius 1 is 1.52 bits per heavy atom. The molecule has 0 bridgehead atoms. The van der Waals surface area contributed by atoms with Gasteiger partial charge in [0.1, 0.15) is 27.4 Å². The number of hydrogen-bond acceptors (Lipinski definition) is 7. The van der Waals surface area contributed by atoms with Gasteiger partial charge in [-0.15, -0.1) is 11.8 Å². The molecule has 2 N–H and O–H groups in total. The number of aromatic hydroxyl groups is 1. The Morgan fingerprint density at radius 3 is 2.95 bits per heavy atom. The van der Waals surface area contributed by atoms with Gasteiger partial charge in [0.2, 0.25) is 0 Å². The molecule has 0 amide bonds. The molecule has 0 unspecified atom stereocenters. The number of nitriles is 1. The van der Waals surface area contributed by atoms with Gasteiger partial charge in [0.15, 0.2) is 0 Å². The maximum Gasteiger partial charge on any atom is 0.148 e. The number of phenols is 1. The zero-order chi connectivity index (χ0) is 15.4. The minimum Gasteiger partial charge on any atom is -0.506 e. The highest BCUT2D eigenvalue weighted by atomic mass is 79.9. The summed E-state index contributed by atoms with van der Waals surface area (Å²) in [4.78, 5) is 0. The van der Waals surface area contributed by atoms with Gasteiger partial charge in [-0.1, -0.05) is 15.9 Å². The number of thioether (sulfide) groups is 1. The van der Waals surface area contributed by atoms with E-state index in [9.17, 15) is 5.11 Å². The summed E-state index contributed by atoms with van der Waals surface area (Å²) in [6, 6.07) is 5.57. The summed E-state index contributed by atoms with van der Waals surface area (Å²) >= 11 is 9.18. The van der Waals surface area contributed by atoms with Gasteiger partial charge in [-0.2, -0.15) is 14.7 Å². The predicted molar refractivity (Wildman–Crippen MR) is 93.3 cm³/mol. The highest BCUT2D eigenvalue weighted by Crippen LogP contribution is 2.31.